The monoisotopic (exact) mass is 667 g/mol. The van der Waals surface area contributed by atoms with Gasteiger partial charge in [-0.3, -0.25) is 24.0 Å². The highest BCUT2D eigenvalue weighted by molar-refractivity contribution is 6.38. The first-order valence-electron chi connectivity index (χ1n) is 17.3. The molecule has 4 N–H and O–H groups in total. The van der Waals surface area contributed by atoms with Crippen molar-refractivity contribution in [3.8, 4) is 0 Å². The second-order valence-corrected chi connectivity index (χ2v) is 15.3. The molecule has 2 aliphatic carbocycles. The number of fused-ring (bicyclic) bond motifs is 1. The molecule has 1 aromatic carbocycles. The van der Waals surface area contributed by atoms with Crippen LogP contribution < -0.4 is 21.3 Å². The van der Waals surface area contributed by atoms with Gasteiger partial charge < -0.3 is 30.9 Å². The lowest BCUT2D eigenvalue weighted by molar-refractivity contribution is -0.145. The summed E-state index contributed by atoms with van der Waals surface area (Å²) in [5.74, 6) is -3.02. The Morgan fingerprint density at radius 3 is 2.29 bits per heavy atom. The van der Waals surface area contributed by atoms with E-state index in [1.807, 2.05) is 65.0 Å². The van der Waals surface area contributed by atoms with Crippen molar-refractivity contribution in [3.63, 3.8) is 0 Å². The first kappa shape index (κ1) is 36.9. The number of likely N-dealkylation sites (tertiary alicyclic amines) is 1. The van der Waals surface area contributed by atoms with Crippen LogP contribution in [0.1, 0.15) is 86.1 Å². The van der Waals surface area contributed by atoms with Gasteiger partial charge in [-0.05, 0) is 59.8 Å². The topological polar surface area (TPSA) is 163 Å². The van der Waals surface area contributed by atoms with E-state index in [0.29, 0.717) is 13.0 Å². The number of piperidine rings is 1. The average Bonchev–Trinajstić information content (AvgIpc) is 3.36. The van der Waals surface area contributed by atoms with E-state index >= 15 is 0 Å². The van der Waals surface area contributed by atoms with Crippen molar-refractivity contribution in [3.05, 3.63) is 35.9 Å². The Labute approximate surface area is 283 Å². The highest BCUT2D eigenvalue weighted by Crippen LogP contribution is 2.65. The van der Waals surface area contributed by atoms with Gasteiger partial charge in [-0.1, -0.05) is 85.2 Å². The summed E-state index contributed by atoms with van der Waals surface area (Å²) in [5.41, 5.74) is 0.00515. The smallest absolute Gasteiger partial charge is 0.408 e. The second-order valence-electron chi connectivity index (χ2n) is 15.3. The minimum Gasteiger partial charge on any atom is -0.446 e. The van der Waals surface area contributed by atoms with Crippen molar-refractivity contribution in [1.29, 1.82) is 0 Å². The van der Waals surface area contributed by atoms with Gasteiger partial charge in [-0.15, -0.1) is 0 Å². The van der Waals surface area contributed by atoms with Crippen molar-refractivity contribution >= 4 is 35.5 Å². The number of ether oxygens (including phenoxy) is 1. The fraction of sp³-hybridized carbons (Fsp3) is 0.667. The Balaban J connectivity index is 1.41. The summed E-state index contributed by atoms with van der Waals surface area (Å²) in [4.78, 5) is 81.0. The SMILES string of the molecule is CCCC(NC(=O)C1C2C(CN1C(=O)C(NC(=O)OC1CCCC1C)C(C)(C)C)C2(C)C)C(=O)C(=O)NCC(=O)NCc1ccccc1. The highest BCUT2D eigenvalue weighted by Gasteiger charge is 2.70. The zero-order valence-electron chi connectivity index (χ0n) is 29.4. The molecule has 3 aliphatic rings. The largest absolute Gasteiger partial charge is 0.446 e. The summed E-state index contributed by atoms with van der Waals surface area (Å²) in [6.45, 7) is 13.7. The van der Waals surface area contributed by atoms with Gasteiger partial charge in [0.05, 0.1) is 12.6 Å². The molecule has 1 saturated heterocycles. The van der Waals surface area contributed by atoms with Crippen molar-refractivity contribution in [2.24, 2.45) is 28.6 Å². The van der Waals surface area contributed by atoms with E-state index in [0.717, 1.165) is 24.8 Å². The number of carbonyl (C=O) groups excluding carboxylic acids is 6. The third-order valence-electron chi connectivity index (χ3n) is 10.4. The van der Waals surface area contributed by atoms with E-state index in [1.54, 1.807) is 0 Å². The number of hydrogen-bond donors (Lipinski definition) is 4. The van der Waals surface area contributed by atoms with E-state index in [2.05, 4.69) is 35.1 Å². The molecule has 2 saturated carbocycles. The Morgan fingerprint density at radius 1 is 1.00 bits per heavy atom. The number of carbonyl (C=O) groups is 6. The molecule has 1 aromatic rings. The first-order chi connectivity index (χ1) is 22.6. The summed E-state index contributed by atoms with van der Waals surface area (Å²) in [6.07, 6.45) is 2.60. The summed E-state index contributed by atoms with van der Waals surface area (Å²) in [6, 6.07) is 6.31. The van der Waals surface area contributed by atoms with Crippen LogP contribution in [0, 0.1) is 28.6 Å². The maximum absolute atomic E-state index is 14.2. The molecule has 7 atom stereocenters. The first-order valence-corrected chi connectivity index (χ1v) is 17.3. The van der Waals surface area contributed by atoms with Crippen LogP contribution in [0.15, 0.2) is 30.3 Å². The van der Waals surface area contributed by atoms with E-state index < -0.39 is 59.7 Å². The predicted octanol–water partition coefficient (Wildman–Crippen LogP) is 3.09. The number of rotatable bonds is 13. The van der Waals surface area contributed by atoms with E-state index in [-0.39, 0.29) is 48.1 Å². The molecular weight excluding hydrogens is 614 g/mol. The molecule has 12 nitrogen and oxygen atoms in total. The van der Waals surface area contributed by atoms with Gasteiger partial charge in [-0.25, -0.2) is 4.79 Å². The van der Waals surface area contributed by atoms with Gasteiger partial charge >= 0.3 is 6.09 Å². The summed E-state index contributed by atoms with van der Waals surface area (Å²) in [7, 11) is 0. The summed E-state index contributed by atoms with van der Waals surface area (Å²) >= 11 is 0. The van der Waals surface area contributed by atoms with E-state index in [9.17, 15) is 28.8 Å². The molecule has 0 bridgehead atoms. The number of nitrogens with one attached hydrogen (secondary N) is 4. The van der Waals surface area contributed by atoms with E-state index in [1.165, 1.54) is 4.90 Å². The molecule has 4 rings (SSSR count). The Bertz CT molecular complexity index is 1370. The van der Waals surface area contributed by atoms with Crippen LogP contribution in [-0.4, -0.2) is 77.7 Å². The fourth-order valence-electron chi connectivity index (χ4n) is 7.28. The summed E-state index contributed by atoms with van der Waals surface area (Å²) < 4.78 is 5.70. The zero-order valence-corrected chi connectivity index (χ0v) is 29.4. The molecule has 0 aromatic heterocycles. The molecule has 48 heavy (non-hydrogen) atoms. The molecule has 3 fully saturated rings. The molecule has 0 spiro atoms. The molecule has 1 heterocycles. The molecule has 1 aliphatic heterocycles. The van der Waals surface area contributed by atoms with Gasteiger partial charge in [0, 0.05) is 13.1 Å². The van der Waals surface area contributed by atoms with Gasteiger partial charge in [0.25, 0.3) is 5.91 Å². The fourth-order valence-corrected chi connectivity index (χ4v) is 7.28. The third-order valence-corrected chi connectivity index (χ3v) is 10.4. The van der Waals surface area contributed by atoms with Crippen LogP contribution in [0.5, 0.6) is 0 Å². The zero-order chi connectivity index (χ0) is 35.4. The third kappa shape index (κ3) is 8.54. The van der Waals surface area contributed by atoms with Crippen LogP contribution in [0.3, 0.4) is 0 Å². The molecule has 264 valence electrons. The number of hydrogen-bond acceptors (Lipinski definition) is 7. The number of Topliss-reactive ketones (excluding diaryl/α,β-unsaturated/α-hetero) is 1. The Morgan fingerprint density at radius 2 is 1.69 bits per heavy atom. The number of alkyl carbamates (subject to hydrolysis) is 1. The number of benzene rings is 1. The van der Waals surface area contributed by atoms with Crippen LogP contribution >= 0.6 is 0 Å². The second kappa shape index (κ2) is 15.1. The van der Waals surface area contributed by atoms with Gasteiger partial charge in [0.1, 0.15) is 18.2 Å². The lowest BCUT2D eigenvalue weighted by Crippen LogP contribution is -2.60. The quantitative estimate of drug-likeness (QED) is 0.235. The van der Waals surface area contributed by atoms with Crippen LogP contribution in [0.25, 0.3) is 0 Å². The standard InChI is InChI=1S/C36H53N5O7/c1-8-13-24(29(43)32(45)38-19-26(42)37-18-22-15-10-9-11-16-22)39-31(44)28-27-23(36(27,6)7)20-41(28)33(46)30(35(3,4)5)40-34(47)48-25-17-12-14-21(25)2/h9-11,15-16,21,23-25,27-28,30H,8,12-14,17-20H2,1-7H3,(H,37,42)(H,38,45)(H,39,44)(H,40,47). The maximum atomic E-state index is 14.2. The molecule has 12 heteroatoms. The molecular formula is C36H53N5O7. The number of ketones is 1. The van der Waals surface area contributed by atoms with Crippen LogP contribution in [0.4, 0.5) is 4.79 Å². The lowest BCUT2D eigenvalue weighted by Gasteiger charge is -2.38. The van der Waals surface area contributed by atoms with Crippen molar-refractivity contribution < 1.29 is 33.5 Å². The van der Waals surface area contributed by atoms with E-state index in [4.69, 9.17) is 4.74 Å². The molecule has 7 unspecified atom stereocenters. The minimum atomic E-state index is -1.13. The Kier molecular flexibility index (Phi) is 11.6. The van der Waals surface area contributed by atoms with Gasteiger partial charge in [0.2, 0.25) is 23.5 Å². The van der Waals surface area contributed by atoms with Crippen LogP contribution in [0.2, 0.25) is 0 Å². The van der Waals surface area contributed by atoms with Crippen molar-refractivity contribution in [1.82, 2.24) is 26.2 Å². The highest BCUT2D eigenvalue weighted by atomic mass is 16.6. The minimum absolute atomic E-state index is 0.0714. The summed E-state index contributed by atoms with van der Waals surface area (Å²) in [5, 5.41) is 10.6. The Hall–Kier alpha value is -3.96. The van der Waals surface area contributed by atoms with Crippen molar-refractivity contribution in [2.45, 2.75) is 111 Å². The van der Waals surface area contributed by atoms with Crippen molar-refractivity contribution in [2.75, 3.05) is 13.1 Å². The molecule has 5 amide bonds. The normalized spacial score (nSPS) is 25.2. The number of nitrogens with zero attached hydrogens (tertiary/aromatic N) is 1. The lowest BCUT2D eigenvalue weighted by atomic mass is 9.85. The number of amides is 5. The van der Waals surface area contributed by atoms with Crippen LogP contribution in [-0.2, 0) is 35.3 Å². The van der Waals surface area contributed by atoms with Gasteiger partial charge in [-0.2, -0.15) is 0 Å². The van der Waals surface area contributed by atoms with Gasteiger partial charge in [0.15, 0.2) is 0 Å². The average molecular weight is 668 g/mol. The predicted molar refractivity (Wildman–Crippen MR) is 179 cm³/mol. The molecule has 0 radical (unpaired) electrons. The maximum Gasteiger partial charge on any atom is 0.408 e.